The average Bonchev–Trinajstić information content (AvgIpc) is 3.31. The van der Waals surface area contributed by atoms with Gasteiger partial charge in [-0.25, -0.2) is 8.42 Å². The Morgan fingerprint density at radius 1 is 1.28 bits per heavy atom. The fourth-order valence-corrected chi connectivity index (χ4v) is 6.01. The maximum absolute atomic E-state index is 13.4. The number of carbonyl (C=O) groups excluding carboxylic acids is 1. The van der Waals surface area contributed by atoms with E-state index in [1.807, 2.05) is 32.0 Å². The van der Waals surface area contributed by atoms with E-state index >= 15 is 0 Å². The molecule has 1 aromatic heterocycles. The molecule has 1 aliphatic rings. The van der Waals surface area contributed by atoms with E-state index in [4.69, 9.17) is 4.74 Å². The third-order valence-electron chi connectivity index (χ3n) is 5.76. The van der Waals surface area contributed by atoms with Crippen molar-refractivity contribution in [1.29, 1.82) is 0 Å². The number of amides is 1. The first-order chi connectivity index (χ1) is 15.1. The van der Waals surface area contributed by atoms with Crippen molar-refractivity contribution in [3.63, 3.8) is 0 Å². The van der Waals surface area contributed by atoms with Crippen molar-refractivity contribution in [1.82, 2.24) is 9.21 Å². The van der Waals surface area contributed by atoms with Crippen LogP contribution in [-0.4, -0.2) is 81.6 Å². The molecule has 32 heavy (non-hydrogen) atoms. The number of hydrogen-bond acceptors (Lipinski definition) is 7. The van der Waals surface area contributed by atoms with Gasteiger partial charge in [0.15, 0.2) is 0 Å². The van der Waals surface area contributed by atoms with Gasteiger partial charge in [0.1, 0.15) is 16.1 Å². The van der Waals surface area contributed by atoms with Crippen molar-refractivity contribution in [2.75, 3.05) is 45.7 Å². The lowest BCUT2D eigenvalue weighted by molar-refractivity contribution is 0.0387. The molecule has 0 radical (unpaired) electrons. The number of thiophene rings is 1. The van der Waals surface area contributed by atoms with Crippen molar-refractivity contribution in [2.45, 2.75) is 30.2 Å². The van der Waals surface area contributed by atoms with Crippen LogP contribution in [0.15, 0.2) is 39.9 Å². The summed E-state index contributed by atoms with van der Waals surface area (Å²) in [5, 5.41) is 11.5. The second-order valence-electron chi connectivity index (χ2n) is 8.42. The van der Waals surface area contributed by atoms with Crippen LogP contribution >= 0.6 is 11.3 Å². The predicted octanol–water partition coefficient (Wildman–Crippen LogP) is 2.35. The third-order valence-corrected chi connectivity index (χ3v) is 8.96. The van der Waals surface area contributed by atoms with Crippen LogP contribution in [0.2, 0.25) is 0 Å². The monoisotopic (exact) mass is 481 g/mol. The summed E-state index contributed by atoms with van der Waals surface area (Å²) in [6, 6.07) is 8.30. The van der Waals surface area contributed by atoms with Crippen LogP contribution in [0, 0.1) is 5.92 Å². The van der Waals surface area contributed by atoms with E-state index in [-0.39, 0.29) is 35.2 Å². The molecule has 0 spiro atoms. The van der Waals surface area contributed by atoms with Gasteiger partial charge in [0, 0.05) is 39.3 Å². The average molecular weight is 482 g/mol. The number of anilines is 1. The standard InChI is InChI=1S/C22H31N3O5S2/c1-15-12-25(16(2)14-26)22(27)18-11-17(23(3)4)8-9-19(18)30-20(15)13-24(5)32(28,29)21-7-6-10-31-21/h6-11,15-16,20,26H,12-14H2,1-5H3/t15-,16+,20-/m0/s1. The smallest absolute Gasteiger partial charge is 0.258 e. The molecule has 1 amide bonds. The number of nitrogens with zero attached hydrogens (tertiary/aromatic N) is 3. The number of likely N-dealkylation sites (N-methyl/N-ethyl adjacent to an activating group) is 1. The maximum Gasteiger partial charge on any atom is 0.258 e. The molecular formula is C22H31N3O5S2. The summed E-state index contributed by atoms with van der Waals surface area (Å²) >= 11 is 1.17. The van der Waals surface area contributed by atoms with Gasteiger partial charge >= 0.3 is 0 Å². The summed E-state index contributed by atoms with van der Waals surface area (Å²) in [5.41, 5.74) is 1.25. The summed E-state index contributed by atoms with van der Waals surface area (Å²) in [5.74, 6) is 0.0277. The summed E-state index contributed by atoms with van der Waals surface area (Å²) in [4.78, 5) is 16.9. The second kappa shape index (κ2) is 9.78. The SMILES string of the molecule is C[C@H](CO)N1C[C@H](C)[C@H](CN(C)S(=O)(=O)c2cccs2)Oc2ccc(N(C)C)cc2C1=O. The quantitative estimate of drug-likeness (QED) is 0.653. The largest absolute Gasteiger partial charge is 0.488 e. The normalized spacial score (nSPS) is 20.3. The zero-order chi connectivity index (χ0) is 23.6. The van der Waals surface area contributed by atoms with E-state index in [1.165, 1.54) is 15.6 Å². The molecule has 0 saturated heterocycles. The molecule has 1 aromatic carbocycles. The molecule has 1 aliphatic heterocycles. The first-order valence-corrected chi connectivity index (χ1v) is 12.8. The molecule has 0 saturated carbocycles. The van der Waals surface area contributed by atoms with Gasteiger partial charge in [-0.2, -0.15) is 4.31 Å². The Morgan fingerprint density at radius 3 is 2.59 bits per heavy atom. The van der Waals surface area contributed by atoms with Crippen LogP contribution in [-0.2, 0) is 10.0 Å². The molecule has 3 atom stereocenters. The van der Waals surface area contributed by atoms with E-state index in [0.717, 1.165) is 5.69 Å². The molecule has 10 heteroatoms. The van der Waals surface area contributed by atoms with Crippen LogP contribution in [0.3, 0.4) is 0 Å². The zero-order valence-corrected chi connectivity index (χ0v) is 20.7. The summed E-state index contributed by atoms with van der Waals surface area (Å²) < 4.78 is 33.7. The number of benzene rings is 1. The van der Waals surface area contributed by atoms with Gasteiger partial charge in [0.2, 0.25) is 0 Å². The fourth-order valence-electron chi connectivity index (χ4n) is 3.62. The number of aliphatic hydroxyl groups is 1. The van der Waals surface area contributed by atoms with Gasteiger partial charge in [0.25, 0.3) is 15.9 Å². The fraction of sp³-hybridized carbons (Fsp3) is 0.500. The van der Waals surface area contributed by atoms with Crippen LogP contribution < -0.4 is 9.64 Å². The minimum Gasteiger partial charge on any atom is -0.488 e. The zero-order valence-electron chi connectivity index (χ0n) is 19.1. The summed E-state index contributed by atoms with van der Waals surface area (Å²) in [6.45, 7) is 4.03. The van der Waals surface area contributed by atoms with Crippen molar-refractivity contribution < 1.29 is 23.1 Å². The molecule has 0 fully saturated rings. The molecule has 2 aromatic rings. The minimum atomic E-state index is -3.64. The predicted molar refractivity (Wildman–Crippen MR) is 126 cm³/mol. The van der Waals surface area contributed by atoms with Gasteiger partial charge in [-0.1, -0.05) is 13.0 Å². The van der Waals surface area contributed by atoms with E-state index in [1.54, 1.807) is 48.5 Å². The first-order valence-electron chi connectivity index (χ1n) is 10.5. The topological polar surface area (TPSA) is 90.4 Å². The van der Waals surface area contributed by atoms with E-state index in [2.05, 4.69) is 0 Å². The number of rotatable bonds is 7. The highest BCUT2D eigenvalue weighted by atomic mass is 32.2. The van der Waals surface area contributed by atoms with Gasteiger partial charge in [-0.3, -0.25) is 4.79 Å². The van der Waals surface area contributed by atoms with Crippen molar-refractivity contribution in [2.24, 2.45) is 5.92 Å². The lowest BCUT2D eigenvalue weighted by Gasteiger charge is -2.38. The lowest BCUT2D eigenvalue weighted by Crippen LogP contribution is -2.50. The highest BCUT2D eigenvalue weighted by Gasteiger charge is 2.35. The van der Waals surface area contributed by atoms with E-state index in [0.29, 0.717) is 17.9 Å². The minimum absolute atomic E-state index is 0.131. The summed E-state index contributed by atoms with van der Waals surface area (Å²) in [6.07, 6.45) is -0.486. The Labute approximate surface area is 194 Å². The Morgan fingerprint density at radius 2 is 2.00 bits per heavy atom. The molecule has 0 bridgehead atoms. The molecular weight excluding hydrogens is 450 g/mol. The molecule has 0 aliphatic carbocycles. The number of hydrogen-bond donors (Lipinski definition) is 1. The molecule has 8 nitrogen and oxygen atoms in total. The van der Waals surface area contributed by atoms with Crippen molar-refractivity contribution >= 4 is 33.0 Å². The Kier molecular flexibility index (Phi) is 7.49. The van der Waals surface area contributed by atoms with Gasteiger partial charge in [-0.15, -0.1) is 11.3 Å². The number of sulfonamides is 1. The van der Waals surface area contributed by atoms with E-state index in [9.17, 15) is 18.3 Å². The maximum atomic E-state index is 13.4. The molecule has 0 unspecified atom stereocenters. The number of fused-ring (bicyclic) bond motifs is 1. The molecule has 3 rings (SSSR count). The Bertz CT molecular complexity index is 1040. The van der Waals surface area contributed by atoms with Gasteiger partial charge in [-0.05, 0) is 36.6 Å². The Hall–Kier alpha value is -2.14. The highest BCUT2D eigenvalue weighted by molar-refractivity contribution is 7.91. The number of ether oxygens (including phenoxy) is 1. The second-order valence-corrected chi connectivity index (χ2v) is 11.6. The van der Waals surface area contributed by atoms with Crippen molar-refractivity contribution in [3.05, 3.63) is 41.3 Å². The highest BCUT2D eigenvalue weighted by Crippen LogP contribution is 2.32. The Balaban J connectivity index is 1.98. The molecule has 176 valence electrons. The molecule has 2 heterocycles. The summed E-state index contributed by atoms with van der Waals surface area (Å²) in [7, 11) is 1.68. The van der Waals surface area contributed by atoms with Crippen LogP contribution in [0.4, 0.5) is 5.69 Å². The molecule has 1 N–H and O–H groups in total. The van der Waals surface area contributed by atoms with Gasteiger partial charge < -0.3 is 19.6 Å². The van der Waals surface area contributed by atoms with E-state index < -0.39 is 16.1 Å². The lowest BCUT2D eigenvalue weighted by atomic mass is 9.99. The third kappa shape index (κ3) is 4.93. The number of aliphatic hydroxyl groups excluding tert-OH is 1. The van der Waals surface area contributed by atoms with Crippen LogP contribution in [0.1, 0.15) is 24.2 Å². The number of carbonyl (C=O) groups is 1. The van der Waals surface area contributed by atoms with Crippen molar-refractivity contribution in [3.8, 4) is 5.75 Å². The van der Waals surface area contributed by atoms with Crippen LogP contribution in [0.25, 0.3) is 0 Å². The van der Waals surface area contributed by atoms with Crippen LogP contribution in [0.5, 0.6) is 5.75 Å². The van der Waals surface area contributed by atoms with Gasteiger partial charge in [0.05, 0.1) is 24.8 Å². The first kappa shape index (κ1) is 24.5.